The highest BCUT2D eigenvalue weighted by atomic mass is 16.5. The number of H-pyrrole nitrogens is 1. The summed E-state index contributed by atoms with van der Waals surface area (Å²) in [6.45, 7) is 2.52. The molecule has 3 aromatic rings. The van der Waals surface area contributed by atoms with Gasteiger partial charge in [-0.15, -0.1) is 0 Å². The summed E-state index contributed by atoms with van der Waals surface area (Å²) in [6, 6.07) is 9.72. The van der Waals surface area contributed by atoms with Crippen molar-refractivity contribution in [2.24, 2.45) is 0 Å². The van der Waals surface area contributed by atoms with Crippen molar-refractivity contribution < 1.29 is 9.53 Å². The van der Waals surface area contributed by atoms with Gasteiger partial charge in [0, 0.05) is 55.1 Å². The molecule has 0 radical (unpaired) electrons. The zero-order valence-corrected chi connectivity index (χ0v) is 18.1. The molecule has 1 fully saturated rings. The molecule has 0 aromatic carbocycles. The summed E-state index contributed by atoms with van der Waals surface area (Å²) in [5.41, 5.74) is 3.34. The molecule has 9 nitrogen and oxygen atoms in total. The summed E-state index contributed by atoms with van der Waals surface area (Å²) in [5, 5.41) is 16.5. The third-order valence-corrected chi connectivity index (χ3v) is 5.54. The minimum Gasteiger partial charge on any atom is -0.476 e. The second-order valence-electron chi connectivity index (χ2n) is 7.76. The maximum Gasteiger partial charge on any atom is 0.236 e. The number of likely N-dealkylation sites (N-methyl/N-ethyl adjacent to an activating group) is 1. The van der Waals surface area contributed by atoms with Crippen LogP contribution in [0.2, 0.25) is 0 Å². The summed E-state index contributed by atoms with van der Waals surface area (Å²) in [7, 11) is 1.88. The Labute approximate surface area is 186 Å². The van der Waals surface area contributed by atoms with Gasteiger partial charge in [-0.1, -0.05) is 6.07 Å². The molecular weight excluding hydrogens is 406 g/mol. The van der Waals surface area contributed by atoms with Gasteiger partial charge in [0.1, 0.15) is 18.7 Å². The van der Waals surface area contributed by atoms with Gasteiger partial charge in [0.05, 0.1) is 17.5 Å². The Kier molecular flexibility index (Phi) is 6.82. The van der Waals surface area contributed by atoms with Crippen molar-refractivity contribution in [3.05, 3.63) is 36.7 Å². The molecule has 4 heterocycles. The molecule has 0 aliphatic carbocycles. The first-order chi connectivity index (χ1) is 15.7. The number of pyridine rings is 2. The normalized spacial score (nSPS) is 16.0. The lowest BCUT2D eigenvalue weighted by atomic mass is 10.0. The van der Waals surface area contributed by atoms with Gasteiger partial charge in [-0.3, -0.25) is 4.79 Å². The highest BCUT2D eigenvalue weighted by Crippen LogP contribution is 2.34. The van der Waals surface area contributed by atoms with E-state index in [2.05, 4.69) is 25.6 Å². The van der Waals surface area contributed by atoms with Crippen molar-refractivity contribution in [1.29, 1.82) is 5.26 Å². The van der Waals surface area contributed by atoms with E-state index in [4.69, 9.17) is 10.00 Å². The van der Waals surface area contributed by atoms with Gasteiger partial charge in [0.15, 0.2) is 0 Å². The maximum atomic E-state index is 12.2. The molecule has 166 valence electrons. The Morgan fingerprint density at radius 2 is 2.31 bits per heavy atom. The second kappa shape index (κ2) is 10.1. The van der Waals surface area contributed by atoms with E-state index in [0.29, 0.717) is 25.6 Å². The van der Waals surface area contributed by atoms with Crippen LogP contribution in [-0.2, 0) is 4.79 Å². The lowest BCUT2D eigenvalue weighted by Gasteiger charge is -2.34. The molecule has 1 aliphatic rings. The summed E-state index contributed by atoms with van der Waals surface area (Å²) < 4.78 is 5.74. The average Bonchev–Trinajstić information content (AvgIpc) is 3.29. The number of nitriles is 1. The fourth-order valence-electron chi connectivity index (χ4n) is 3.97. The first-order valence-corrected chi connectivity index (χ1v) is 10.8. The van der Waals surface area contributed by atoms with E-state index in [0.717, 1.165) is 47.4 Å². The van der Waals surface area contributed by atoms with Crippen LogP contribution in [0.4, 0.5) is 5.69 Å². The number of fused-ring (bicyclic) bond motifs is 1. The van der Waals surface area contributed by atoms with E-state index >= 15 is 0 Å². The third-order valence-electron chi connectivity index (χ3n) is 5.54. The van der Waals surface area contributed by atoms with Gasteiger partial charge >= 0.3 is 0 Å². The molecule has 1 atom stereocenters. The Morgan fingerprint density at radius 3 is 3.16 bits per heavy atom. The first kappa shape index (κ1) is 21.6. The smallest absolute Gasteiger partial charge is 0.236 e. The highest BCUT2D eigenvalue weighted by molar-refractivity contribution is 5.97. The fourth-order valence-corrected chi connectivity index (χ4v) is 3.97. The van der Waals surface area contributed by atoms with Crippen molar-refractivity contribution in [3.63, 3.8) is 0 Å². The molecule has 0 unspecified atom stereocenters. The van der Waals surface area contributed by atoms with Crippen LogP contribution in [0.3, 0.4) is 0 Å². The predicted molar refractivity (Wildman–Crippen MR) is 122 cm³/mol. The van der Waals surface area contributed by atoms with Crippen LogP contribution >= 0.6 is 0 Å². The van der Waals surface area contributed by atoms with Gasteiger partial charge in [0.2, 0.25) is 11.8 Å². The number of aromatic nitrogens is 3. The minimum atomic E-state index is -0.117. The molecule has 9 heteroatoms. The van der Waals surface area contributed by atoms with Gasteiger partial charge in [-0.25, -0.2) is 9.97 Å². The lowest BCUT2D eigenvalue weighted by Crippen LogP contribution is -2.45. The molecule has 0 spiro atoms. The third kappa shape index (κ3) is 4.81. The molecule has 3 N–H and O–H groups in total. The topological polar surface area (TPSA) is 119 Å². The molecule has 1 saturated heterocycles. The van der Waals surface area contributed by atoms with Gasteiger partial charge < -0.3 is 25.3 Å². The number of rotatable bonds is 8. The molecule has 3 aromatic heterocycles. The maximum absolute atomic E-state index is 12.2. The first-order valence-electron chi connectivity index (χ1n) is 10.8. The molecule has 32 heavy (non-hydrogen) atoms. The van der Waals surface area contributed by atoms with E-state index in [9.17, 15) is 4.79 Å². The predicted octanol–water partition coefficient (Wildman–Crippen LogP) is 2.54. The lowest BCUT2D eigenvalue weighted by molar-refractivity contribution is -0.131. The van der Waals surface area contributed by atoms with E-state index in [1.165, 1.54) is 0 Å². The van der Waals surface area contributed by atoms with Gasteiger partial charge in [-0.05, 0) is 32.0 Å². The van der Waals surface area contributed by atoms with Crippen LogP contribution in [0.5, 0.6) is 5.88 Å². The molecular formula is C23H27N7O2. The number of ether oxygens (including phenoxy) is 1. The van der Waals surface area contributed by atoms with Crippen molar-refractivity contribution >= 4 is 22.6 Å². The number of likely N-dealkylation sites (tertiary alicyclic amines) is 1. The molecule has 4 rings (SSSR count). The molecule has 0 bridgehead atoms. The van der Waals surface area contributed by atoms with Crippen LogP contribution in [0.15, 0.2) is 36.7 Å². The average molecular weight is 434 g/mol. The molecule has 1 aliphatic heterocycles. The van der Waals surface area contributed by atoms with Crippen LogP contribution in [0.1, 0.15) is 19.3 Å². The Bertz CT molecular complexity index is 1120. The van der Waals surface area contributed by atoms with Crippen LogP contribution in [-0.4, -0.2) is 65.1 Å². The minimum absolute atomic E-state index is 0.0701. The summed E-state index contributed by atoms with van der Waals surface area (Å²) in [6.07, 6.45) is 5.41. The molecule has 0 saturated carbocycles. The fraction of sp³-hybridized carbons (Fsp3) is 0.391. The van der Waals surface area contributed by atoms with Crippen molar-refractivity contribution in [2.45, 2.75) is 25.3 Å². The number of carbonyl (C=O) groups excluding carboxylic acids is 1. The van der Waals surface area contributed by atoms with E-state index < -0.39 is 0 Å². The number of carbonyl (C=O) groups is 1. The van der Waals surface area contributed by atoms with Gasteiger partial charge in [-0.2, -0.15) is 5.26 Å². The standard InChI is InChI=1S/C23H27N7O2/c1-25-11-13-32-20-6-2-5-19(29-20)18-14-27-23-17(8-10-26-23)22(18)28-16-4-3-12-30(15-16)21(31)7-9-24/h2,5-6,8,10,14,16,25H,3-4,7,11-13,15H2,1H3,(H2,26,27,28)/t16-/m1/s1. The summed E-state index contributed by atoms with van der Waals surface area (Å²) >= 11 is 0. The largest absolute Gasteiger partial charge is 0.476 e. The highest BCUT2D eigenvalue weighted by Gasteiger charge is 2.25. The number of anilines is 1. The SMILES string of the molecule is CNCCOc1cccc(-c2cnc3[nH]ccc3c2N[C@@H]2CCCN(C(=O)CC#N)C2)n1. The number of nitrogens with zero attached hydrogens (tertiary/aromatic N) is 4. The van der Waals surface area contributed by atoms with Crippen molar-refractivity contribution in [1.82, 2.24) is 25.2 Å². The number of piperidine rings is 1. The van der Waals surface area contributed by atoms with E-state index in [1.807, 2.05) is 49.8 Å². The number of amides is 1. The molecule has 1 amide bonds. The number of aromatic amines is 1. The summed E-state index contributed by atoms with van der Waals surface area (Å²) in [5.74, 6) is 0.442. The van der Waals surface area contributed by atoms with Crippen molar-refractivity contribution in [2.75, 3.05) is 38.6 Å². The quantitative estimate of drug-likeness (QED) is 0.467. The van der Waals surface area contributed by atoms with E-state index in [-0.39, 0.29) is 18.4 Å². The Hall–Kier alpha value is -3.64. The van der Waals surface area contributed by atoms with Crippen LogP contribution in [0, 0.1) is 11.3 Å². The second-order valence-corrected chi connectivity index (χ2v) is 7.76. The number of nitrogens with one attached hydrogen (secondary N) is 3. The van der Waals surface area contributed by atoms with Crippen LogP contribution < -0.4 is 15.4 Å². The Balaban J connectivity index is 1.62. The Morgan fingerprint density at radius 1 is 1.41 bits per heavy atom. The zero-order valence-electron chi connectivity index (χ0n) is 18.1. The van der Waals surface area contributed by atoms with Crippen LogP contribution in [0.25, 0.3) is 22.3 Å². The van der Waals surface area contributed by atoms with Gasteiger partial charge in [0.25, 0.3) is 0 Å². The number of hydrogen-bond acceptors (Lipinski definition) is 7. The monoisotopic (exact) mass is 433 g/mol. The zero-order chi connectivity index (χ0) is 22.3. The van der Waals surface area contributed by atoms with E-state index in [1.54, 1.807) is 4.90 Å². The van der Waals surface area contributed by atoms with Crippen molar-refractivity contribution in [3.8, 4) is 23.2 Å². The number of hydrogen-bond donors (Lipinski definition) is 3. The summed E-state index contributed by atoms with van der Waals surface area (Å²) in [4.78, 5) is 26.4.